The molecule has 0 amide bonds. The quantitative estimate of drug-likeness (QED) is 0.159. The predicted molar refractivity (Wildman–Crippen MR) is 315 cm³/mol. The number of fused-ring (bicyclic) bond motifs is 17. The van der Waals surface area contributed by atoms with Crippen LogP contribution in [0.15, 0.2) is 283 Å². The number of aromatic nitrogens is 1. The molecule has 0 N–H and O–H groups in total. The van der Waals surface area contributed by atoms with Crippen LogP contribution < -0.4 is 4.90 Å². The molecule has 2 aliphatic carbocycles. The minimum atomic E-state index is -0.567. The van der Waals surface area contributed by atoms with Gasteiger partial charge in [0.05, 0.1) is 27.5 Å². The first-order valence-electron chi connectivity index (χ1n) is 26.2. The molecule has 16 rings (SSSR count). The van der Waals surface area contributed by atoms with Crippen LogP contribution in [0.25, 0.3) is 105 Å². The fourth-order valence-corrected chi connectivity index (χ4v) is 13.2. The van der Waals surface area contributed by atoms with Gasteiger partial charge in [-0.1, -0.05) is 200 Å². The van der Waals surface area contributed by atoms with Crippen LogP contribution in [0.2, 0.25) is 0 Å². The minimum Gasteiger partial charge on any atom is -0.456 e. The van der Waals surface area contributed by atoms with Crippen molar-refractivity contribution in [1.29, 1.82) is 0 Å². The zero-order chi connectivity index (χ0) is 49.9. The van der Waals surface area contributed by atoms with Gasteiger partial charge in [-0.15, -0.1) is 0 Å². The number of nitrogens with zero attached hydrogens (tertiary/aromatic N) is 2. The van der Waals surface area contributed by atoms with Crippen molar-refractivity contribution in [2.75, 3.05) is 4.90 Å². The van der Waals surface area contributed by atoms with Crippen molar-refractivity contribution in [3.05, 3.63) is 301 Å². The van der Waals surface area contributed by atoms with Gasteiger partial charge in [-0.05, 0) is 157 Å². The number of hydrogen-bond acceptors (Lipinski definition) is 2. The molecule has 354 valence electrons. The van der Waals surface area contributed by atoms with E-state index in [1.54, 1.807) is 0 Å². The largest absolute Gasteiger partial charge is 0.456 e. The van der Waals surface area contributed by atoms with Crippen LogP contribution in [0.3, 0.4) is 0 Å². The SMILES string of the molecule is c1ccc(-c2ccc(N(c3cc(-c4ccccc4)cc(-c4ccc5c(c4)C4(c6ccccc6-5)c5ccccc5-c5c4ccc4c5c5ccccc5n4-c4ccccc4)c3)c3cccc4oc5ccccc5c34)cc2)cc1. The van der Waals surface area contributed by atoms with Gasteiger partial charge in [-0.3, -0.25) is 0 Å². The van der Waals surface area contributed by atoms with Gasteiger partial charge in [-0.25, -0.2) is 0 Å². The van der Waals surface area contributed by atoms with Gasteiger partial charge in [-0.2, -0.15) is 0 Å². The molecule has 0 saturated carbocycles. The van der Waals surface area contributed by atoms with Gasteiger partial charge >= 0.3 is 0 Å². The zero-order valence-electron chi connectivity index (χ0n) is 41.4. The second-order valence-electron chi connectivity index (χ2n) is 20.3. The summed E-state index contributed by atoms with van der Waals surface area (Å²) in [6.45, 7) is 0. The number of rotatable bonds is 7. The van der Waals surface area contributed by atoms with E-state index in [1.165, 1.54) is 77.4 Å². The molecule has 1 atom stereocenters. The third-order valence-electron chi connectivity index (χ3n) is 16.4. The Kier molecular flexibility index (Phi) is 9.25. The Morgan fingerprint density at radius 2 is 0.895 bits per heavy atom. The maximum atomic E-state index is 6.58. The van der Waals surface area contributed by atoms with Crippen LogP contribution in [0.5, 0.6) is 0 Å². The van der Waals surface area contributed by atoms with Crippen LogP contribution in [0.1, 0.15) is 22.3 Å². The van der Waals surface area contributed by atoms with E-state index in [9.17, 15) is 0 Å². The fourth-order valence-electron chi connectivity index (χ4n) is 13.2. The lowest BCUT2D eigenvalue weighted by atomic mass is 9.70. The van der Waals surface area contributed by atoms with E-state index in [1.807, 2.05) is 6.07 Å². The summed E-state index contributed by atoms with van der Waals surface area (Å²) in [5.74, 6) is 0. The first-order chi connectivity index (χ1) is 37.7. The molecule has 0 saturated heterocycles. The Morgan fingerprint density at radius 1 is 0.316 bits per heavy atom. The number of hydrogen-bond donors (Lipinski definition) is 0. The molecule has 2 aromatic heterocycles. The van der Waals surface area contributed by atoms with Gasteiger partial charge in [0.2, 0.25) is 0 Å². The lowest BCUT2D eigenvalue weighted by Gasteiger charge is -2.31. The van der Waals surface area contributed by atoms with E-state index in [-0.39, 0.29) is 0 Å². The summed E-state index contributed by atoms with van der Waals surface area (Å²) in [5.41, 5.74) is 25.2. The molecule has 14 aromatic rings. The number of anilines is 3. The lowest BCUT2D eigenvalue weighted by Crippen LogP contribution is -2.25. The normalized spacial score (nSPS) is 14.1. The van der Waals surface area contributed by atoms with Crippen molar-refractivity contribution >= 4 is 60.8 Å². The highest BCUT2D eigenvalue weighted by atomic mass is 16.3. The Hall–Kier alpha value is -9.96. The van der Waals surface area contributed by atoms with Crippen molar-refractivity contribution in [3.8, 4) is 61.3 Å². The van der Waals surface area contributed by atoms with Crippen LogP contribution in [-0.2, 0) is 5.41 Å². The summed E-state index contributed by atoms with van der Waals surface area (Å²) in [6.07, 6.45) is 0. The van der Waals surface area contributed by atoms with Crippen LogP contribution >= 0.6 is 0 Å². The molecule has 3 heteroatoms. The molecule has 0 fully saturated rings. The van der Waals surface area contributed by atoms with Crippen LogP contribution in [0, 0.1) is 0 Å². The summed E-state index contributed by atoms with van der Waals surface area (Å²) in [7, 11) is 0. The molecule has 1 unspecified atom stereocenters. The summed E-state index contributed by atoms with van der Waals surface area (Å²) in [4.78, 5) is 2.43. The topological polar surface area (TPSA) is 21.3 Å². The third-order valence-corrected chi connectivity index (χ3v) is 16.4. The first kappa shape index (κ1) is 42.5. The summed E-state index contributed by atoms with van der Waals surface area (Å²) < 4.78 is 9.03. The molecular weight excluding hydrogens is 921 g/mol. The number of benzene rings is 12. The number of para-hydroxylation sites is 3. The molecular formula is C73H46N2O. The van der Waals surface area contributed by atoms with E-state index in [4.69, 9.17) is 4.42 Å². The predicted octanol–water partition coefficient (Wildman–Crippen LogP) is 19.5. The smallest absolute Gasteiger partial charge is 0.137 e. The van der Waals surface area contributed by atoms with Crippen LogP contribution in [0.4, 0.5) is 17.1 Å². The standard InChI is InChI=1S/C73H46N2O/c1-4-19-47(20-5-1)49-35-38-54(39-36-49)74(66-32-18-34-69-71(66)60-28-13-17-33-68(60)76-69)55-44-51(48-21-6-2-7-22-48)43-52(45-55)50-37-40-57-56-25-10-14-29-61(56)73(64(57)46-50)62-30-15-11-26-58(62)70-63(73)41-42-67-72(70)59-27-12-16-31-65(59)75(67)53-23-8-3-9-24-53/h1-46H. The lowest BCUT2D eigenvalue weighted by molar-refractivity contribution is 0.669. The second-order valence-corrected chi connectivity index (χ2v) is 20.3. The highest BCUT2D eigenvalue weighted by Crippen LogP contribution is 2.65. The summed E-state index contributed by atoms with van der Waals surface area (Å²) >= 11 is 0. The Balaban J connectivity index is 0.949. The molecule has 3 nitrogen and oxygen atoms in total. The van der Waals surface area contributed by atoms with Crippen molar-refractivity contribution < 1.29 is 4.42 Å². The van der Waals surface area contributed by atoms with Crippen molar-refractivity contribution in [2.45, 2.75) is 5.41 Å². The maximum absolute atomic E-state index is 6.58. The van der Waals surface area contributed by atoms with Crippen LogP contribution in [-0.4, -0.2) is 4.57 Å². The molecule has 76 heavy (non-hydrogen) atoms. The monoisotopic (exact) mass is 966 g/mol. The minimum absolute atomic E-state index is 0.567. The van der Waals surface area contributed by atoms with E-state index < -0.39 is 5.41 Å². The second kappa shape index (κ2) is 16.5. The van der Waals surface area contributed by atoms with Gasteiger partial charge in [0.15, 0.2) is 0 Å². The van der Waals surface area contributed by atoms with Crippen molar-refractivity contribution in [2.24, 2.45) is 0 Å². The van der Waals surface area contributed by atoms with E-state index in [2.05, 4.69) is 282 Å². The Bertz CT molecular complexity index is 4630. The molecule has 1 spiro atoms. The van der Waals surface area contributed by atoms with Gasteiger partial charge in [0, 0.05) is 33.2 Å². The van der Waals surface area contributed by atoms with Gasteiger partial charge in [0.25, 0.3) is 0 Å². The Labute approximate surface area is 440 Å². The summed E-state index contributed by atoms with van der Waals surface area (Å²) in [6, 6.07) is 103. The fraction of sp³-hybridized carbons (Fsp3) is 0.0137. The zero-order valence-corrected chi connectivity index (χ0v) is 41.4. The Morgan fingerprint density at radius 3 is 1.67 bits per heavy atom. The van der Waals surface area contributed by atoms with Crippen molar-refractivity contribution in [1.82, 2.24) is 4.57 Å². The van der Waals surface area contributed by atoms with E-state index >= 15 is 0 Å². The third kappa shape index (κ3) is 6.11. The number of furan rings is 1. The maximum Gasteiger partial charge on any atom is 0.137 e. The summed E-state index contributed by atoms with van der Waals surface area (Å²) in [5, 5.41) is 4.71. The van der Waals surface area contributed by atoms with Gasteiger partial charge < -0.3 is 13.9 Å². The molecule has 0 bridgehead atoms. The molecule has 2 heterocycles. The first-order valence-corrected chi connectivity index (χ1v) is 26.2. The molecule has 2 aliphatic rings. The molecule has 12 aromatic carbocycles. The highest BCUT2D eigenvalue weighted by Gasteiger charge is 2.52. The van der Waals surface area contributed by atoms with Crippen molar-refractivity contribution in [3.63, 3.8) is 0 Å². The van der Waals surface area contributed by atoms with E-state index in [0.717, 1.165) is 66.9 Å². The van der Waals surface area contributed by atoms with E-state index in [0.29, 0.717) is 0 Å². The molecule has 0 radical (unpaired) electrons. The highest BCUT2D eigenvalue weighted by molar-refractivity contribution is 6.19. The average Bonchev–Trinajstić information content (AvgIpc) is 4.41. The molecule has 0 aliphatic heterocycles. The van der Waals surface area contributed by atoms with Gasteiger partial charge in [0.1, 0.15) is 11.2 Å². The average molecular weight is 967 g/mol.